The van der Waals surface area contributed by atoms with Gasteiger partial charge >= 0.3 is 0 Å². The fourth-order valence-electron chi connectivity index (χ4n) is 1.82. The number of carbonyl (C=O) groups excluding carboxylic acids is 1. The molecule has 3 nitrogen and oxygen atoms in total. The second-order valence-corrected chi connectivity index (χ2v) is 3.86. The Morgan fingerprint density at radius 1 is 1.64 bits per heavy atom. The zero-order chi connectivity index (χ0) is 10.4. The standard InChI is InChI=1S/C11H19NO2/c1-2-3-6-11(14)12-7-4-5-10(8-12)9-13/h2,10,13H,1,3-9H2. The van der Waals surface area contributed by atoms with E-state index in [0.29, 0.717) is 6.42 Å². The molecule has 0 radical (unpaired) electrons. The highest BCUT2D eigenvalue weighted by Gasteiger charge is 2.22. The molecule has 1 fully saturated rings. The highest BCUT2D eigenvalue weighted by atomic mass is 16.3. The number of likely N-dealkylation sites (tertiary alicyclic amines) is 1. The van der Waals surface area contributed by atoms with E-state index in [1.807, 2.05) is 4.90 Å². The molecule has 1 aliphatic rings. The van der Waals surface area contributed by atoms with Gasteiger partial charge in [-0.1, -0.05) is 6.08 Å². The Morgan fingerprint density at radius 3 is 3.07 bits per heavy atom. The van der Waals surface area contributed by atoms with Crippen LogP contribution in [-0.4, -0.2) is 35.6 Å². The van der Waals surface area contributed by atoms with Crippen LogP contribution in [-0.2, 0) is 4.79 Å². The molecule has 1 unspecified atom stereocenters. The van der Waals surface area contributed by atoms with Crippen molar-refractivity contribution in [3.63, 3.8) is 0 Å². The average molecular weight is 197 g/mol. The lowest BCUT2D eigenvalue weighted by Crippen LogP contribution is -2.40. The normalized spacial score (nSPS) is 22.1. The monoisotopic (exact) mass is 197 g/mol. The first-order chi connectivity index (χ1) is 6.77. The summed E-state index contributed by atoms with van der Waals surface area (Å²) < 4.78 is 0. The van der Waals surface area contributed by atoms with Gasteiger partial charge in [-0.3, -0.25) is 4.79 Å². The molecular weight excluding hydrogens is 178 g/mol. The van der Waals surface area contributed by atoms with Crippen molar-refractivity contribution in [2.24, 2.45) is 5.92 Å². The molecule has 0 bridgehead atoms. The maximum Gasteiger partial charge on any atom is 0.222 e. The second-order valence-electron chi connectivity index (χ2n) is 3.86. The van der Waals surface area contributed by atoms with Crippen LogP contribution in [0, 0.1) is 5.92 Å². The van der Waals surface area contributed by atoms with Gasteiger partial charge in [0, 0.05) is 26.1 Å². The number of piperidine rings is 1. The molecule has 0 saturated carbocycles. The van der Waals surface area contributed by atoms with Gasteiger partial charge in [-0.15, -0.1) is 6.58 Å². The summed E-state index contributed by atoms with van der Waals surface area (Å²) in [5, 5.41) is 9.01. The Kier molecular flexibility index (Phi) is 4.66. The first-order valence-electron chi connectivity index (χ1n) is 5.27. The summed E-state index contributed by atoms with van der Waals surface area (Å²) in [6.45, 7) is 5.38. The molecule has 1 amide bonds. The van der Waals surface area contributed by atoms with E-state index in [2.05, 4.69) is 6.58 Å². The molecule has 1 rings (SSSR count). The maximum absolute atomic E-state index is 11.6. The van der Waals surface area contributed by atoms with E-state index in [1.54, 1.807) is 6.08 Å². The van der Waals surface area contributed by atoms with E-state index in [9.17, 15) is 4.79 Å². The van der Waals surface area contributed by atoms with Crippen LogP contribution in [0.2, 0.25) is 0 Å². The summed E-state index contributed by atoms with van der Waals surface area (Å²) in [6.07, 6.45) is 5.14. The van der Waals surface area contributed by atoms with Gasteiger partial charge in [0.2, 0.25) is 5.91 Å². The molecule has 1 aliphatic heterocycles. The van der Waals surface area contributed by atoms with E-state index >= 15 is 0 Å². The van der Waals surface area contributed by atoms with Crippen LogP contribution in [0.25, 0.3) is 0 Å². The lowest BCUT2D eigenvalue weighted by Gasteiger charge is -2.31. The number of aliphatic hydroxyl groups excluding tert-OH is 1. The Hall–Kier alpha value is -0.830. The Balaban J connectivity index is 2.35. The zero-order valence-electron chi connectivity index (χ0n) is 8.61. The Morgan fingerprint density at radius 2 is 2.43 bits per heavy atom. The van der Waals surface area contributed by atoms with Gasteiger partial charge in [0.05, 0.1) is 0 Å². The number of nitrogens with zero attached hydrogens (tertiary/aromatic N) is 1. The van der Waals surface area contributed by atoms with Gasteiger partial charge in [0.25, 0.3) is 0 Å². The number of rotatable bonds is 4. The molecule has 1 atom stereocenters. The number of hydrogen-bond donors (Lipinski definition) is 1. The van der Waals surface area contributed by atoms with Gasteiger partial charge in [0.15, 0.2) is 0 Å². The molecule has 0 aromatic heterocycles. The second kappa shape index (κ2) is 5.81. The van der Waals surface area contributed by atoms with Crippen LogP contribution in [0.3, 0.4) is 0 Å². The zero-order valence-corrected chi connectivity index (χ0v) is 8.61. The third-order valence-electron chi connectivity index (χ3n) is 2.69. The van der Waals surface area contributed by atoms with Gasteiger partial charge in [-0.05, 0) is 25.2 Å². The first kappa shape index (κ1) is 11.2. The van der Waals surface area contributed by atoms with E-state index in [-0.39, 0.29) is 18.4 Å². The minimum atomic E-state index is 0.197. The van der Waals surface area contributed by atoms with Crippen LogP contribution in [0.5, 0.6) is 0 Å². The molecule has 0 aromatic carbocycles. The quantitative estimate of drug-likeness (QED) is 0.688. The molecular formula is C11H19NO2. The van der Waals surface area contributed by atoms with E-state index in [0.717, 1.165) is 32.4 Å². The molecule has 80 valence electrons. The molecule has 14 heavy (non-hydrogen) atoms. The minimum absolute atomic E-state index is 0.197. The van der Waals surface area contributed by atoms with Crippen molar-refractivity contribution in [3.05, 3.63) is 12.7 Å². The maximum atomic E-state index is 11.6. The average Bonchev–Trinajstić information content (AvgIpc) is 2.26. The van der Waals surface area contributed by atoms with Gasteiger partial charge in [-0.2, -0.15) is 0 Å². The smallest absolute Gasteiger partial charge is 0.222 e. The SMILES string of the molecule is C=CCCC(=O)N1CCCC(CO)C1. The van der Waals surface area contributed by atoms with Crippen molar-refractivity contribution in [3.8, 4) is 0 Å². The molecule has 0 spiro atoms. The van der Waals surface area contributed by atoms with Gasteiger partial charge < -0.3 is 10.0 Å². The van der Waals surface area contributed by atoms with Gasteiger partial charge in [0.1, 0.15) is 0 Å². The number of hydrogen-bond acceptors (Lipinski definition) is 2. The molecule has 0 aliphatic carbocycles. The molecule has 1 N–H and O–H groups in total. The highest BCUT2D eigenvalue weighted by molar-refractivity contribution is 5.76. The van der Waals surface area contributed by atoms with Crippen LogP contribution in [0.4, 0.5) is 0 Å². The third kappa shape index (κ3) is 3.14. The minimum Gasteiger partial charge on any atom is -0.396 e. The lowest BCUT2D eigenvalue weighted by molar-refractivity contribution is -0.133. The van der Waals surface area contributed by atoms with Crippen LogP contribution in [0.1, 0.15) is 25.7 Å². The summed E-state index contributed by atoms with van der Waals surface area (Å²) in [7, 11) is 0. The Bertz CT molecular complexity index is 203. The van der Waals surface area contributed by atoms with Gasteiger partial charge in [-0.25, -0.2) is 0 Å². The van der Waals surface area contributed by atoms with Crippen molar-refractivity contribution in [1.29, 1.82) is 0 Å². The summed E-state index contributed by atoms with van der Waals surface area (Å²) in [4.78, 5) is 13.5. The van der Waals surface area contributed by atoms with Crippen LogP contribution >= 0.6 is 0 Å². The fraction of sp³-hybridized carbons (Fsp3) is 0.727. The number of carbonyl (C=O) groups is 1. The van der Waals surface area contributed by atoms with Crippen molar-refractivity contribution in [2.45, 2.75) is 25.7 Å². The van der Waals surface area contributed by atoms with Crippen molar-refractivity contribution < 1.29 is 9.90 Å². The summed E-state index contributed by atoms with van der Waals surface area (Å²) in [5.74, 6) is 0.486. The predicted molar refractivity (Wildman–Crippen MR) is 55.8 cm³/mol. The van der Waals surface area contributed by atoms with Crippen molar-refractivity contribution >= 4 is 5.91 Å². The van der Waals surface area contributed by atoms with E-state index in [1.165, 1.54) is 0 Å². The number of aliphatic hydroxyl groups is 1. The fourth-order valence-corrected chi connectivity index (χ4v) is 1.82. The highest BCUT2D eigenvalue weighted by Crippen LogP contribution is 2.16. The Labute approximate surface area is 85.4 Å². The van der Waals surface area contributed by atoms with Crippen molar-refractivity contribution in [1.82, 2.24) is 4.90 Å². The summed E-state index contributed by atoms with van der Waals surface area (Å²) in [5.41, 5.74) is 0. The third-order valence-corrected chi connectivity index (χ3v) is 2.69. The largest absolute Gasteiger partial charge is 0.396 e. The molecule has 0 aromatic rings. The van der Waals surface area contributed by atoms with E-state index in [4.69, 9.17) is 5.11 Å². The van der Waals surface area contributed by atoms with Crippen molar-refractivity contribution in [2.75, 3.05) is 19.7 Å². The summed E-state index contributed by atoms with van der Waals surface area (Å²) >= 11 is 0. The summed E-state index contributed by atoms with van der Waals surface area (Å²) in [6, 6.07) is 0. The lowest BCUT2D eigenvalue weighted by atomic mass is 9.99. The number of amides is 1. The molecule has 1 heterocycles. The first-order valence-corrected chi connectivity index (χ1v) is 5.27. The predicted octanol–water partition coefficient (Wildman–Crippen LogP) is 1.18. The number of allylic oxidation sites excluding steroid dienone is 1. The van der Waals surface area contributed by atoms with Crippen LogP contribution in [0.15, 0.2) is 12.7 Å². The molecule has 3 heteroatoms. The molecule has 1 saturated heterocycles. The van der Waals surface area contributed by atoms with E-state index < -0.39 is 0 Å². The van der Waals surface area contributed by atoms with Crippen LogP contribution < -0.4 is 0 Å². The topological polar surface area (TPSA) is 40.5 Å².